The first-order valence-corrected chi connectivity index (χ1v) is 9.06. The first-order chi connectivity index (χ1) is 9.16. The van der Waals surface area contributed by atoms with Crippen LogP contribution < -0.4 is 5.32 Å². The van der Waals surface area contributed by atoms with Gasteiger partial charge in [0.15, 0.2) is 5.03 Å². The summed E-state index contributed by atoms with van der Waals surface area (Å²) >= 11 is 1.81. The van der Waals surface area contributed by atoms with Gasteiger partial charge < -0.3 is 5.32 Å². The summed E-state index contributed by atoms with van der Waals surface area (Å²) in [5.74, 6) is 1.88. The third kappa shape index (κ3) is 3.50. The van der Waals surface area contributed by atoms with Gasteiger partial charge in [-0.25, -0.2) is 8.42 Å². The van der Waals surface area contributed by atoms with E-state index in [-0.39, 0.29) is 5.03 Å². The molecule has 2 heterocycles. The molecule has 1 aromatic heterocycles. The van der Waals surface area contributed by atoms with Gasteiger partial charge in [0, 0.05) is 31.0 Å². The Morgan fingerprint density at radius 1 is 1.47 bits per heavy atom. The Morgan fingerprint density at radius 2 is 2.32 bits per heavy atom. The van der Waals surface area contributed by atoms with Crippen LogP contribution in [-0.2, 0) is 16.6 Å². The van der Waals surface area contributed by atoms with Gasteiger partial charge in [-0.2, -0.15) is 21.2 Å². The second-order valence-corrected chi connectivity index (χ2v) is 7.47. The first-order valence-electron chi connectivity index (χ1n) is 6.47. The minimum absolute atomic E-state index is 0.236. The van der Waals surface area contributed by atoms with E-state index in [9.17, 15) is 8.42 Å². The Morgan fingerprint density at radius 3 is 3.11 bits per heavy atom. The molecule has 8 heteroatoms. The molecule has 1 aliphatic heterocycles. The molecule has 0 amide bonds. The van der Waals surface area contributed by atoms with E-state index >= 15 is 0 Å². The van der Waals surface area contributed by atoms with Crippen molar-refractivity contribution in [1.82, 2.24) is 19.8 Å². The van der Waals surface area contributed by atoms with Crippen LogP contribution in [-0.4, -0.2) is 54.1 Å². The fourth-order valence-corrected chi connectivity index (χ4v) is 4.59. The number of sulfonamides is 1. The van der Waals surface area contributed by atoms with Gasteiger partial charge in [-0.1, -0.05) is 6.92 Å². The number of H-pyrrole nitrogens is 1. The van der Waals surface area contributed by atoms with Crippen LogP contribution in [0.15, 0.2) is 11.2 Å². The molecule has 0 aliphatic carbocycles. The SMILES string of the molecule is CCNCc1cn[nH]c1S(=O)(=O)N1CCCSCC1. The van der Waals surface area contributed by atoms with Crippen molar-refractivity contribution in [2.45, 2.75) is 24.9 Å². The number of rotatable bonds is 5. The quantitative estimate of drug-likeness (QED) is 0.835. The summed E-state index contributed by atoms with van der Waals surface area (Å²) in [5.41, 5.74) is 0.707. The van der Waals surface area contributed by atoms with Crippen molar-refractivity contribution < 1.29 is 8.42 Å². The maximum atomic E-state index is 12.6. The lowest BCUT2D eigenvalue weighted by Crippen LogP contribution is -2.34. The van der Waals surface area contributed by atoms with E-state index in [1.54, 1.807) is 22.3 Å². The maximum Gasteiger partial charge on any atom is 0.260 e. The molecule has 1 aromatic rings. The highest BCUT2D eigenvalue weighted by atomic mass is 32.2. The molecule has 0 spiro atoms. The number of aromatic amines is 1. The van der Waals surface area contributed by atoms with E-state index < -0.39 is 10.0 Å². The smallest absolute Gasteiger partial charge is 0.260 e. The Bertz CT molecular complexity index is 493. The van der Waals surface area contributed by atoms with Crippen LogP contribution in [0.25, 0.3) is 0 Å². The van der Waals surface area contributed by atoms with Crippen molar-refractivity contribution >= 4 is 21.8 Å². The van der Waals surface area contributed by atoms with Crippen molar-refractivity contribution in [2.24, 2.45) is 0 Å². The molecule has 1 fully saturated rings. The molecule has 1 saturated heterocycles. The minimum atomic E-state index is -3.44. The molecule has 19 heavy (non-hydrogen) atoms. The predicted molar refractivity (Wildman–Crippen MR) is 76.7 cm³/mol. The molecule has 108 valence electrons. The molecule has 0 saturated carbocycles. The normalized spacial score (nSPS) is 18.4. The van der Waals surface area contributed by atoms with Crippen molar-refractivity contribution in [1.29, 1.82) is 0 Å². The first kappa shape index (κ1) is 14.8. The summed E-state index contributed by atoms with van der Waals surface area (Å²) in [6, 6.07) is 0. The standard InChI is InChI=1S/C11H20N4O2S2/c1-2-12-8-10-9-13-14-11(10)19(16,17)15-4-3-6-18-7-5-15/h9,12H,2-8H2,1H3,(H,13,14). The zero-order valence-corrected chi connectivity index (χ0v) is 12.7. The Kier molecular flexibility index (Phi) is 5.26. The van der Waals surface area contributed by atoms with Gasteiger partial charge in [0.25, 0.3) is 10.0 Å². The third-order valence-electron chi connectivity index (χ3n) is 3.02. The highest BCUT2D eigenvalue weighted by Gasteiger charge is 2.28. The van der Waals surface area contributed by atoms with Gasteiger partial charge in [0.05, 0.1) is 6.20 Å². The highest BCUT2D eigenvalue weighted by molar-refractivity contribution is 7.99. The average Bonchev–Trinajstić information content (AvgIpc) is 2.69. The lowest BCUT2D eigenvalue weighted by molar-refractivity contribution is 0.431. The van der Waals surface area contributed by atoms with Crippen molar-refractivity contribution in [3.05, 3.63) is 11.8 Å². The number of thioether (sulfide) groups is 1. The van der Waals surface area contributed by atoms with Gasteiger partial charge in [-0.3, -0.25) is 5.10 Å². The van der Waals surface area contributed by atoms with Gasteiger partial charge in [0.1, 0.15) is 0 Å². The number of hydrogen-bond acceptors (Lipinski definition) is 5. The fourth-order valence-electron chi connectivity index (χ4n) is 2.00. The number of aromatic nitrogens is 2. The zero-order valence-electron chi connectivity index (χ0n) is 11.1. The second kappa shape index (κ2) is 6.74. The molecular formula is C11H20N4O2S2. The molecule has 0 bridgehead atoms. The molecule has 1 aliphatic rings. The summed E-state index contributed by atoms with van der Waals surface area (Å²) in [5, 5.41) is 9.90. The van der Waals surface area contributed by atoms with Crippen LogP contribution in [0.5, 0.6) is 0 Å². The molecule has 0 radical (unpaired) electrons. The van der Waals surface area contributed by atoms with E-state index in [0.717, 1.165) is 24.5 Å². The van der Waals surface area contributed by atoms with E-state index in [1.165, 1.54) is 0 Å². The van der Waals surface area contributed by atoms with Crippen LogP contribution >= 0.6 is 11.8 Å². The topological polar surface area (TPSA) is 78.1 Å². The molecular weight excluding hydrogens is 284 g/mol. The van der Waals surface area contributed by atoms with Crippen LogP contribution in [0, 0.1) is 0 Å². The number of hydrogen-bond donors (Lipinski definition) is 2. The molecule has 2 rings (SSSR count). The highest BCUT2D eigenvalue weighted by Crippen LogP contribution is 2.20. The molecule has 0 atom stereocenters. The van der Waals surface area contributed by atoms with Crippen LogP contribution in [0.4, 0.5) is 0 Å². The average molecular weight is 304 g/mol. The third-order valence-corrected chi connectivity index (χ3v) is 5.99. The van der Waals surface area contributed by atoms with E-state index in [2.05, 4.69) is 15.5 Å². The zero-order chi connectivity index (χ0) is 13.7. The molecule has 2 N–H and O–H groups in total. The largest absolute Gasteiger partial charge is 0.313 e. The Labute approximate surface area is 118 Å². The summed E-state index contributed by atoms with van der Waals surface area (Å²) in [6.45, 7) is 4.47. The second-order valence-electron chi connectivity index (χ2n) is 4.37. The summed E-state index contributed by atoms with van der Waals surface area (Å²) in [4.78, 5) is 0. The van der Waals surface area contributed by atoms with E-state index in [1.807, 2.05) is 6.92 Å². The summed E-state index contributed by atoms with van der Waals surface area (Å²) in [7, 11) is -3.44. The predicted octanol–water partition coefficient (Wildman–Crippen LogP) is 0.647. The number of nitrogens with zero attached hydrogens (tertiary/aromatic N) is 2. The van der Waals surface area contributed by atoms with Crippen molar-refractivity contribution in [2.75, 3.05) is 31.1 Å². The van der Waals surface area contributed by atoms with Crippen molar-refractivity contribution in [3.8, 4) is 0 Å². The summed E-state index contributed by atoms with van der Waals surface area (Å²) < 4.78 is 26.8. The van der Waals surface area contributed by atoms with Gasteiger partial charge in [0.2, 0.25) is 0 Å². The van der Waals surface area contributed by atoms with Crippen LogP contribution in [0.2, 0.25) is 0 Å². The van der Waals surface area contributed by atoms with E-state index in [0.29, 0.717) is 25.2 Å². The molecule has 0 unspecified atom stereocenters. The van der Waals surface area contributed by atoms with Gasteiger partial charge in [-0.05, 0) is 18.7 Å². The van der Waals surface area contributed by atoms with Crippen molar-refractivity contribution in [3.63, 3.8) is 0 Å². The van der Waals surface area contributed by atoms with Crippen LogP contribution in [0.3, 0.4) is 0 Å². The summed E-state index contributed by atoms with van der Waals surface area (Å²) in [6.07, 6.45) is 2.49. The van der Waals surface area contributed by atoms with E-state index in [4.69, 9.17) is 0 Å². The monoisotopic (exact) mass is 304 g/mol. The van der Waals surface area contributed by atoms with Gasteiger partial charge >= 0.3 is 0 Å². The minimum Gasteiger partial charge on any atom is -0.313 e. The molecule has 0 aromatic carbocycles. The van der Waals surface area contributed by atoms with Crippen LogP contribution in [0.1, 0.15) is 18.9 Å². The van der Waals surface area contributed by atoms with Gasteiger partial charge in [-0.15, -0.1) is 0 Å². The fraction of sp³-hybridized carbons (Fsp3) is 0.727. The maximum absolute atomic E-state index is 12.6. The lowest BCUT2D eigenvalue weighted by atomic mass is 10.3. The lowest BCUT2D eigenvalue weighted by Gasteiger charge is -2.19. The molecule has 6 nitrogen and oxygen atoms in total. The Balaban J connectivity index is 2.20. The number of nitrogens with one attached hydrogen (secondary N) is 2. The Hall–Kier alpha value is -0.570.